The lowest BCUT2D eigenvalue weighted by Gasteiger charge is -2.08. The van der Waals surface area contributed by atoms with Gasteiger partial charge in [0.15, 0.2) is 0 Å². The average Bonchev–Trinajstić information content (AvgIpc) is 2.66. The number of nitrogens with two attached hydrogens (primary N) is 2. The van der Waals surface area contributed by atoms with Crippen molar-refractivity contribution < 1.29 is 0 Å². The van der Waals surface area contributed by atoms with E-state index in [0.29, 0.717) is 0 Å². The lowest BCUT2D eigenvalue weighted by molar-refractivity contribution is 0.674. The van der Waals surface area contributed by atoms with Crippen molar-refractivity contribution in [3.05, 3.63) is 42.0 Å². The number of anilines is 2. The van der Waals surface area contributed by atoms with Gasteiger partial charge >= 0.3 is 0 Å². The van der Waals surface area contributed by atoms with E-state index in [1.807, 2.05) is 31.3 Å². The van der Waals surface area contributed by atoms with Crippen molar-refractivity contribution in [3.63, 3.8) is 0 Å². The molecule has 4 heteroatoms. The van der Waals surface area contributed by atoms with Gasteiger partial charge in [-0.15, -0.1) is 0 Å². The number of imidazole rings is 1. The van der Waals surface area contributed by atoms with Crippen LogP contribution in [-0.4, -0.2) is 9.55 Å². The third-order valence-corrected chi connectivity index (χ3v) is 2.71. The zero-order chi connectivity index (χ0) is 11.5. The molecule has 0 amide bonds. The molecule has 0 atom stereocenters. The smallest absolute Gasteiger partial charge is 0.105 e. The van der Waals surface area contributed by atoms with E-state index >= 15 is 0 Å². The highest BCUT2D eigenvalue weighted by Gasteiger charge is 2.02. The van der Waals surface area contributed by atoms with Crippen LogP contribution in [0.2, 0.25) is 0 Å². The summed E-state index contributed by atoms with van der Waals surface area (Å²) in [7, 11) is 0. The van der Waals surface area contributed by atoms with E-state index in [-0.39, 0.29) is 0 Å². The molecule has 1 aromatic heterocycles. The lowest BCUT2D eigenvalue weighted by atomic mass is 10.1. The Balaban J connectivity index is 2.10. The highest BCUT2D eigenvalue weighted by Crippen LogP contribution is 2.16. The van der Waals surface area contributed by atoms with Gasteiger partial charge in [-0.25, -0.2) is 4.98 Å². The van der Waals surface area contributed by atoms with Crippen LogP contribution in [0.4, 0.5) is 11.4 Å². The first kappa shape index (κ1) is 10.5. The van der Waals surface area contributed by atoms with Gasteiger partial charge in [0.1, 0.15) is 5.82 Å². The summed E-state index contributed by atoms with van der Waals surface area (Å²) in [5, 5.41) is 0. The second-order valence-electron chi connectivity index (χ2n) is 3.88. The SMILES string of the molecule is Cc1nccn1CCc1cc(N)ccc1N. The Bertz CT molecular complexity index is 488. The molecule has 0 unspecified atom stereocenters. The molecule has 2 aromatic rings. The maximum Gasteiger partial charge on any atom is 0.105 e. The second-order valence-corrected chi connectivity index (χ2v) is 3.88. The van der Waals surface area contributed by atoms with Crippen molar-refractivity contribution in [2.75, 3.05) is 11.5 Å². The number of hydrogen-bond donors (Lipinski definition) is 2. The van der Waals surface area contributed by atoms with Crippen LogP contribution in [0.15, 0.2) is 30.6 Å². The fraction of sp³-hybridized carbons (Fsp3) is 0.250. The minimum absolute atomic E-state index is 0.756. The van der Waals surface area contributed by atoms with Crippen LogP contribution in [0.25, 0.3) is 0 Å². The normalized spacial score (nSPS) is 10.6. The minimum atomic E-state index is 0.756. The molecular formula is C12H16N4. The van der Waals surface area contributed by atoms with E-state index in [2.05, 4.69) is 9.55 Å². The number of aryl methyl sites for hydroxylation is 3. The molecule has 0 spiro atoms. The van der Waals surface area contributed by atoms with Crippen molar-refractivity contribution in [3.8, 4) is 0 Å². The molecular weight excluding hydrogens is 200 g/mol. The van der Waals surface area contributed by atoms with Gasteiger partial charge in [-0.3, -0.25) is 0 Å². The Hall–Kier alpha value is -1.97. The second kappa shape index (κ2) is 4.26. The Morgan fingerprint density at radius 1 is 1.31 bits per heavy atom. The highest BCUT2D eigenvalue weighted by atomic mass is 15.0. The van der Waals surface area contributed by atoms with Gasteiger partial charge in [0, 0.05) is 30.3 Å². The van der Waals surface area contributed by atoms with E-state index in [4.69, 9.17) is 11.5 Å². The van der Waals surface area contributed by atoms with E-state index < -0.39 is 0 Å². The largest absolute Gasteiger partial charge is 0.399 e. The Kier molecular flexibility index (Phi) is 2.81. The molecule has 4 nitrogen and oxygen atoms in total. The molecule has 4 N–H and O–H groups in total. The standard InChI is InChI=1S/C12H16N4/c1-9-15-5-7-16(9)6-4-10-8-11(13)2-3-12(10)14/h2-3,5,7-8H,4,6,13-14H2,1H3. The van der Waals surface area contributed by atoms with Gasteiger partial charge in [-0.1, -0.05) is 0 Å². The number of aromatic nitrogens is 2. The number of nitrogen functional groups attached to an aromatic ring is 2. The first-order valence-electron chi connectivity index (χ1n) is 5.28. The number of hydrogen-bond acceptors (Lipinski definition) is 3. The van der Waals surface area contributed by atoms with E-state index in [9.17, 15) is 0 Å². The molecule has 0 radical (unpaired) electrons. The first-order chi connectivity index (χ1) is 7.66. The maximum atomic E-state index is 5.89. The molecule has 0 fully saturated rings. The molecule has 0 aliphatic heterocycles. The van der Waals surface area contributed by atoms with Crippen LogP contribution in [0.3, 0.4) is 0 Å². The summed E-state index contributed by atoms with van der Waals surface area (Å²) in [6.45, 7) is 2.86. The Morgan fingerprint density at radius 3 is 2.81 bits per heavy atom. The zero-order valence-electron chi connectivity index (χ0n) is 9.35. The Morgan fingerprint density at radius 2 is 2.12 bits per heavy atom. The zero-order valence-corrected chi connectivity index (χ0v) is 9.35. The first-order valence-corrected chi connectivity index (χ1v) is 5.28. The van der Waals surface area contributed by atoms with Crippen LogP contribution >= 0.6 is 0 Å². The summed E-state index contributed by atoms with van der Waals surface area (Å²) >= 11 is 0. The molecule has 16 heavy (non-hydrogen) atoms. The van der Waals surface area contributed by atoms with Gasteiger partial charge < -0.3 is 16.0 Å². The van der Waals surface area contributed by atoms with Gasteiger partial charge in [0.05, 0.1) is 0 Å². The fourth-order valence-corrected chi connectivity index (χ4v) is 1.72. The Labute approximate surface area is 94.9 Å². The summed E-state index contributed by atoms with van der Waals surface area (Å²) in [6, 6.07) is 5.61. The van der Waals surface area contributed by atoms with E-state index in [0.717, 1.165) is 35.7 Å². The molecule has 0 saturated carbocycles. The average molecular weight is 216 g/mol. The predicted molar refractivity (Wildman–Crippen MR) is 65.9 cm³/mol. The summed E-state index contributed by atoms with van der Waals surface area (Å²) < 4.78 is 2.10. The molecule has 0 bridgehead atoms. The van der Waals surface area contributed by atoms with Crippen molar-refractivity contribution >= 4 is 11.4 Å². The summed E-state index contributed by atoms with van der Waals surface area (Å²) in [4.78, 5) is 4.18. The fourth-order valence-electron chi connectivity index (χ4n) is 1.72. The van der Waals surface area contributed by atoms with Crippen LogP contribution in [0, 0.1) is 6.92 Å². The van der Waals surface area contributed by atoms with E-state index in [1.165, 1.54) is 0 Å². The number of benzene rings is 1. The summed E-state index contributed by atoms with van der Waals surface area (Å²) in [6.07, 6.45) is 4.64. The maximum absolute atomic E-state index is 5.89. The predicted octanol–water partition coefficient (Wildman–Crippen LogP) is 1.60. The van der Waals surface area contributed by atoms with Crippen LogP contribution in [-0.2, 0) is 13.0 Å². The third-order valence-electron chi connectivity index (χ3n) is 2.71. The molecule has 0 saturated heterocycles. The van der Waals surface area contributed by atoms with Crippen molar-refractivity contribution in [2.45, 2.75) is 19.9 Å². The van der Waals surface area contributed by atoms with Crippen molar-refractivity contribution in [1.29, 1.82) is 0 Å². The molecule has 0 aliphatic rings. The van der Waals surface area contributed by atoms with Crippen LogP contribution < -0.4 is 11.5 Å². The topological polar surface area (TPSA) is 69.9 Å². The van der Waals surface area contributed by atoms with Crippen LogP contribution in [0.5, 0.6) is 0 Å². The molecule has 1 aromatic carbocycles. The summed E-state index contributed by atoms with van der Waals surface area (Å²) in [5.74, 6) is 1.02. The molecule has 84 valence electrons. The van der Waals surface area contributed by atoms with Gasteiger partial charge in [0.2, 0.25) is 0 Å². The number of rotatable bonds is 3. The third kappa shape index (κ3) is 2.16. The van der Waals surface area contributed by atoms with E-state index in [1.54, 1.807) is 6.20 Å². The molecule has 1 heterocycles. The number of nitrogens with zero attached hydrogens (tertiary/aromatic N) is 2. The van der Waals surface area contributed by atoms with Gasteiger partial charge in [-0.05, 0) is 37.1 Å². The monoisotopic (exact) mass is 216 g/mol. The summed E-state index contributed by atoms with van der Waals surface area (Å²) in [5.41, 5.74) is 14.3. The van der Waals surface area contributed by atoms with Crippen molar-refractivity contribution in [2.24, 2.45) is 0 Å². The van der Waals surface area contributed by atoms with Gasteiger partial charge in [0.25, 0.3) is 0 Å². The highest BCUT2D eigenvalue weighted by molar-refractivity contribution is 5.55. The van der Waals surface area contributed by atoms with Crippen molar-refractivity contribution in [1.82, 2.24) is 9.55 Å². The molecule has 0 aliphatic carbocycles. The lowest BCUT2D eigenvalue weighted by Crippen LogP contribution is -2.04. The quantitative estimate of drug-likeness (QED) is 0.765. The minimum Gasteiger partial charge on any atom is -0.399 e. The van der Waals surface area contributed by atoms with Gasteiger partial charge in [-0.2, -0.15) is 0 Å². The molecule has 2 rings (SSSR count). The van der Waals surface area contributed by atoms with Crippen LogP contribution in [0.1, 0.15) is 11.4 Å².